The van der Waals surface area contributed by atoms with Gasteiger partial charge in [0.25, 0.3) is 0 Å². The minimum Gasteiger partial charge on any atom is -0.368 e. The Labute approximate surface area is 157 Å². The largest absolute Gasteiger partial charge is 0.368 e. The molecule has 0 aliphatic carbocycles. The van der Waals surface area contributed by atoms with E-state index in [4.69, 9.17) is 0 Å². The molecule has 0 saturated carbocycles. The quantitative estimate of drug-likeness (QED) is 0.720. The number of rotatable bonds is 3. The number of benzene rings is 2. The van der Waals surface area contributed by atoms with Gasteiger partial charge in [-0.05, 0) is 43.2 Å². The minimum atomic E-state index is -3.60. The molecular weight excluding hydrogens is 364 g/mol. The summed E-state index contributed by atoms with van der Waals surface area (Å²) in [6.45, 7) is 6.31. The molecule has 8 heteroatoms. The van der Waals surface area contributed by atoms with Gasteiger partial charge in [0.1, 0.15) is 0 Å². The number of nitrogens with zero attached hydrogens (tertiary/aromatic N) is 2. The third kappa shape index (κ3) is 3.15. The highest BCUT2D eigenvalue weighted by Gasteiger charge is 2.29. The third-order valence-corrected chi connectivity index (χ3v) is 7.01. The maximum atomic E-state index is 13.0. The normalized spacial score (nSPS) is 16.1. The van der Waals surface area contributed by atoms with E-state index in [0.29, 0.717) is 37.2 Å². The number of imidazole rings is 1. The second-order valence-corrected chi connectivity index (χ2v) is 8.86. The molecule has 0 bridgehead atoms. The van der Waals surface area contributed by atoms with E-state index in [1.54, 1.807) is 12.1 Å². The SMILES string of the molecule is Cc1cccc(C)c1N1CCN(S(=O)(=O)c2ccc3[nH]c(=O)[nH]c3c2)CC1. The van der Waals surface area contributed by atoms with Crippen molar-refractivity contribution in [3.8, 4) is 0 Å². The van der Waals surface area contributed by atoms with Crippen molar-refractivity contribution < 1.29 is 8.42 Å². The van der Waals surface area contributed by atoms with Crippen LogP contribution in [0.25, 0.3) is 11.0 Å². The van der Waals surface area contributed by atoms with Crippen LogP contribution in [0.5, 0.6) is 0 Å². The van der Waals surface area contributed by atoms with E-state index in [-0.39, 0.29) is 10.6 Å². The zero-order valence-electron chi connectivity index (χ0n) is 15.3. The number of aromatic nitrogens is 2. The summed E-state index contributed by atoms with van der Waals surface area (Å²) < 4.78 is 27.6. The Morgan fingerprint density at radius 1 is 0.889 bits per heavy atom. The van der Waals surface area contributed by atoms with Crippen LogP contribution in [-0.4, -0.2) is 48.9 Å². The van der Waals surface area contributed by atoms with Crippen molar-refractivity contribution in [2.45, 2.75) is 18.7 Å². The van der Waals surface area contributed by atoms with Crippen LogP contribution in [0.2, 0.25) is 0 Å². The van der Waals surface area contributed by atoms with Crippen LogP contribution in [-0.2, 0) is 10.0 Å². The summed E-state index contributed by atoms with van der Waals surface area (Å²) in [5, 5.41) is 0. The molecule has 0 amide bonds. The molecule has 0 radical (unpaired) electrons. The fourth-order valence-corrected chi connectivity index (χ4v) is 5.23. The number of aromatic amines is 2. The second kappa shape index (κ2) is 6.54. The Kier molecular flexibility index (Phi) is 4.32. The van der Waals surface area contributed by atoms with Crippen LogP contribution in [0.1, 0.15) is 11.1 Å². The molecule has 1 aromatic heterocycles. The fourth-order valence-electron chi connectivity index (χ4n) is 3.78. The zero-order valence-corrected chi connectivity index (χ0v) is 16.1. The molecule has 0 unspecified atom stereocenters. The van der Waals surface area contributed by atoms with Crippen molar-refractivity contribution in [1.29, 1.82) is 0 Å². The maximum absolute atomic E-state index is 13.0. The number of H-pyrrole nitrogens is 2. The molecular formula is C19H22N4O3S. The average molecular weight is 386 g/mol. The van der Waals surface area contributed by atoms with Gasteiger partial charge in [-0.3, -0.25) is 0 Å². The number of hydrogen-bond acceptors (Lipinski definition) is 4. The van der Waals surface area contributed by atoms with E-state index in [0.717, 1.165) is 0 Å². The first-order valence-electron chi connectivity index (χ1n) is 8.89. The summed E-state index contributed by atoms with van der Waals surface area (Å²) in [4.78, 5) is 19.1. The van der Waals surface area contributed by atoms with Crippen LogP contribution < -0.4 is 10.6 Å². The van der Waals surface area contributed by atoms with Crippen molar-refractivity contribution in [2.75, 3.05) is 31.1 Å². The lowest BCUT2D eigenvalue weighted by atomic mass is 10.1. The highest BCUT2D eigenvalue weighted by atomic mass is 32.2. The Morgan fingerprint density at radius 2 is 1.52 bits per heavy atom. The summed E-state index contributed by atoms with van der Waals surface area (Å²) in [6.07, 6.45) is 0. The van der Waals surface area contributed by atoms with Crippen LogP contribution in [0.15, 0.2) is 46.1 Å². The highest BCUT2D eigenvalue weighted by Crippen LogP contribution is 2.27. The van der Waals surface area contributed by atoms with Gasteiger partial charge < -0.3 is 14.9 Å². The molecule has 27 heavy (non-hydrogen) atoms. The molecule has 2 heterocycles. The lowest BCUT2D eigenvalue weighted by Crippen LogP contribution is -2.49. The van der Waals surface area contributed by atoms with Gasteiger partial charge in [0.15, 0.2) is 0 Å². The topological polar surface area (TPSA) is 89.3 Å². The van der Waals surface area contributed by atoms with Crippen molar-refractivity contribution in [2.24, 2.45) is 0 Å². The first-order chi connectivity index (χ1) is 12.9. The monoisotopic (exact) mass is 386 g/mol. The first-order valence-corrected chi connectivity index (χ1v) is 10.3. The van der Waals surface area contributed by atoms with Crippen molar-refractivity contribution >= 4 is 26.7 Å². The van der Waals surface area contributed by atoms with E-state index < -0.39 is 10.0 Å². The van der Waals surface area contributed by atoms with E-state index >= 15 is 0 Å². The molecule has 142 valence electrons. The van der Waals surface area contributed by atoms with Gasteiger partial charge in [-0.2, -0.15) is 4.31 Å². The van der Waals surface area contributed by atoms with Crippen LogP contribution in [0.3, 0.4) is 0 Å². The van der Waals surface area contributed by atoms with Gasteiger partial charge in [-0.1, -0.05) is 18.2 Å². The third-order valence-electron chi connectivity index (χ3n) is 5.12. The Hall–Kier alpha value is -2.58. The smallest absolute Gasteiger partial charge is 0.323 e. The molecule has 2 aromatic carbocycles. The van der Waals surface area contributed by atoms with Crippen molar-refractivity contribution in [3.63, 3.8) is 0 Å². The number of sulfonamides is 1. The van der Waals surface area contributed by atoms with Crippen LogP contribution in [0.4, 0.5) is 5.69 Å². The van der Waals surface area contributed by atoms with Crippen LogP contribution >= 0.6 is 0 Å². The lowest BCUT2D eigenvalue weighted by Gasteiger charge is -2.36. The Balaban J connectivity index is 1.56. The standard InChI is InChI=1S/C19H22N4O3S/c1-13-4-3-5-14(2)18(13)22-8-10-23(11-9-22)27(25,26)15-6-7-16-17(12-15)21-19(24)20-16/h3-7,12H,8-11H2,1-2H3,(H2,20,21,24). The number of fused-ring (bicyclic) bond motifs is 1. The van der Waals surface area contributed by atoms with E-state index in [2.05, 4.69) is 40.8 Å². The van der Waals surface area contributed by atoms with Gasteiger partial charge in [-0.15, -0.1) is 0 Å². The summed E-state index contributed by atoms with van der Waals surface area (Å²) in [7, 11) is -3.60. The zero-order chi connectivity index (χ0) is 19.2. The van der Waals surface area contributed by atoms with Crippen molar-refractivity contribution in [1.82, 2.24) is 14.3 Å². The lowest BCUT2D eigenvalue weighted by molar-refractivity contribution is 0.384. The molecule has 1 aliphatic heterocycles. The number of piperazine rings is 1. The molecule has 1 aliphatic rings. The van der Waals surface area contributed by atoms with Gasteiger partial charge in [0, 0.05) is 31.9 Å². The Morgan fingerprint density at radius 3 is 2.19 bits per heavy atom. The van der Waals surface area contributed by atoms with Gasteiger partial charge in [0.05, 0.1) is 15.9 Å². The highest BCUT2D eigenvalue weighted by molar-refractivity contribution is 7.89. The fraction of sp³-hybridized carbons (Fsp3) is 0.316. The molecule has 1 fully saturated rings. The van der Waals surface area contributed by atoms with Crippen LogP contribution in [0, 0.1) is 13.8 Å². The van der Waals surface area contributed by atoms with E-state index in [1.165, 1.54) is 27.2 Å². The predicted octanol–water partition coefficient (Wildman–Crippen LogP) is 1.98. The number of nitrogens with one attached hydrogen (secondary N) is 2. The summed E-state index contributed by atoms with van der Waals surface area (Å²) >= 11 is 0. The molecule has 1 saturated heterocycles. The number of para-hydroxylation sites is 1. The molecule has 0 spiro atoms. The average Bonchev–Trinajstić information content (AvgIpc) is 3.01. The summed E-state index contributed by atoms with van der Waals surface area (Å²) in [5.74, 6) is 0. The minimum absolute atomic E-state index is 0.200. The molecule has 3 aromatic rings. The second-order valence-electron chi connectivity index (χ2n) is 6.92. The number of anilines is 1. The predicted molar refractivity (Wildman–Crippen MR) is 106 cm³/mol. The molecule has 2 N–H and O–H groups in total. The molecule has 4 rings (SSSR count). The van der Waals surface area contributed by atoms with Gasteiger partial charge in [0.2, 0.25) is 10.0 Å². The molecule has 7 nitrogen and oxygen atoms in total. The first kappa shape index (κ1) is 17.8. The number of hydrogen-bond donors (Lipinski definition) is 2. The van der Waals surface area contributed by atoms with Gasteiger partial charge >= 0.3 is 5.69 Å². The van der Waals surface area contributed by atoms with E-state index in [1.807, 2.05) is 6.07 Å². The van der Waals surface area contributed by atoms with Crippen molar-refractivity contribution in [3.05, 3.63) is 58.0 Å². The molecule has 0 atom stereocenters. The maximum Gasteiger partial charge on any atom is 0.323 e. The van der Waals surface area contributed by atoms with Gasteiger partial charge in [-0.25, -0.2) is 13.2 Å². The summed E-state index contributed by atoms with van der Waals surface area (Å²) in [5.41, 5.74) is 4.35. The summed E-state index contributed by atoms with van der Waals surface area (Å²) in [6, 6.07) is 10.9. The number of aryl methyl sites for hydroxylation is 2. The van der Waals surface area contributed by atoms with E-state index in [9.17, 15) is 13.2 Å². The Bertz CT molecular complexity index is 1130.